The predicted octanol–water partition coefficient (Wildman–Crippen LogP) is 3.75. The Balaban J connectivity index is 1.49. The summed E-state index contributed by atoms with van der Waals surface area (Å²) in [5.74, 6) is 0.850. The smallest absolute Gasteiger partial charge is 0.190 e. The lowest BCUT2D eigenvalue weighted by molar-refractivity contribution is 0.787. The van der Waals surface area contributed by atoms with E-state index in [2.05, 4.69) is 70.8 Å². The van der Waals surface area contributed by atoms with E-state index in [0.717, 1.165) is 49.0 Å². The van der Waals surface area contributed by atoms with E-state index in [0.29, 0.717) is 0 Å². The zero-order valence-electron chi connectivity index (χ0n) is 16.6. The van der Waals surface area contributed by atoms with Gasteiger partial charge in [0.2, 0.25) is 0 Å². The number of aromatic nitrogens is 2. The topological polar surface area (TPSA) is 65.1 Å². The van der Waals surface area contributed by atoms with Crippen molar-refractivity contribution in [2.45, 2.75) is 40.0 Å². The van der Waals surface area contributed by atoms with Gasteiger partial charge < -0.3 is 15.6 Å². The average molecular weight is 384 g/mol. The molecule has 3 N–H and O–H groups in total. The number of benzene rings is 1. The molecule has 0 saturated heterocycles. The molecule has 0 aliphatic carbocycles. The molecular weight excluding hydrogens is 354 g/mol. The summed E-state index contributed by atoms with van der Waals surface area (Å²) in [5, 5.41) is 9.28. The van der Waals surface area contributed by atoms with Crippen LogP contribution in [0.15, 0.2) is 29.4 Å². The van der Waals surface area contributed by atoms with Crippen molar-refractivity contribution < 1.29 is 0 Å². The largest absolute Gasteiger partial charge is 0.361 e. The van der Waals surface area contributed by atoms with Gasteiger partial charge in [0.15, 0.2) is 5.96 Å². The summed E-state index contributed by atoms with van der Waals surface area (Å²) >= 11 is 1.78. The Morgan fingerprint density at radius 1 is 1.15 bits per heavy atom. The fraction of sp³-hybridized carbons (Fsp3) is 0.429. The Morgan fingerprint density at radius 3 is 2.59 bits per heavy atom. The summed E-state index contributed by atoms with van der Waals surface area (Å²) < 4.78 is 0. The second-order valence-corrected chi connectivity index (χ2v) is 7.96. The number of fused-ring (bicyclic) bond motifs is 1. The number of hydrogen-bond acceptors (Lipinski definition) is 3. The second kappa shape index (κ2) is 9.04. The van der Waals surface area contributed by atoms with Crippen molar-refractivity contribution in [3.63, 3.8) is 0 Å². The molecule has 2 aromatic heterocycles. The van der Waals surface area contributed by atoms with Gasteiger partial charge in [0.25, 0.3) is 0 Å². The lowest BCUT2D eigenvalue weighted by atomic mass is 10.1. The van der Waals surface area contributed by atoms with Gasteiger partial charge in [-0.2, -0.15) is 0 Å². The Hall–Kier alpha value is -2.34. The van der Waals surface area contributed by atoms with Crippen LogP contribution in [0.2, 0.25) is 0 Å². The van der Waals surface area contributed by atoms with Crippen LogP contribution in [0.3, 0.4) is 0 Å². The number of aliphatic imine (C=N–C) groups is 1. The van der Waals surface area contributed by atoms with Crippen LogP contribution >= 0.6 is 11.3 Å². The SMILES string of the molecule is CCc1cccc2c(CCNC(=NC)NCCc3sc(C)nc3C)c[nH]c12. The van der Waals surface area contributed by atoms with Gasteiger partial charge in [-0.15, -0.1) is 11.3 Å². The van der Waals surface area contributed by atoms with Crippen molar-refractivity contribution in [2.24, 2.45) is 4.99 Å². The molecule has 0 fully saturated rings. The van der Waals surface area contributed by atoms with Gasteiger partial charge in [-0.05, 0) is 37.8 Å². The predicted molar refractivity (Wildman–Crippen MR) is 116 cm³/mol. The lowest BCUT2D eigenvalue weighted by Crippen LogP contribution is -2.39. The zero-order valence-corrected chi connectivity index (χ0v) is 17.5. The van der Waals surface area contributed by atoms with Crippen LogP contribution in [0.4, 0.5) is 0 Å². The molecule has 0 spiro atoms. The third-order valence-corrected chi connectivity index (χ3v) is 5.96. The summed E-state index contributed by atoms with van der Waals surface area (Å²) in [5.41, 5.74) is 5.14. The third kappa shape index (κ3) is 4.69. The zero-order chi connectivity index (χ0) is 19.2. The number of aromatic amines is 1. The number of nitrogens with zero attached hydrogens (tertiary/aromatic N) is 2. The summed E-state index contributed by atoms with van der Waals surface area (Å²) in [6.45, 7) is 8.04. The molecule has 6 heteroatoms. The lowest BCUT2D eigenvalue weighted by Gasteiger charge is -2.11. The van der Waals surface area contributed by atoms with Gasteiger partial charge >= 0.3 is 0 Å². The Labute approximate surface area is 165 Å². The number of nitrogens with one attached hydrogen (secondary N) is 3. The highest BCUT2D eigenvalue weighted by Gasteiger charge is 2.07. The van der Waals surface area contributed by atoms with Gasteiger partial charge in [0.05, 0.1) is 10.7 Å². The van der Waals surface area contributed by atoms with E-state index in [1.54, 1.807) is 11.3 Å². The molecule has 5 nitrogen and oxygen atoms in total. The van der Waals surface area contributed by atoms with Gasteiger partial charge in [0.1, 0.15) is 0 Å². The standard InChI is InChI=1S/C21H29N5S/c1-5-16-7-6-8-18-17(13-25-20(16)18)9-11-23-21(22-4)24-12-10-19-14(2)26-15(3)27-19/h6-8,13,25H,5,9-12H2,1-4H3,(H2,22,23,24). The molecule has 1 aromatic carbocycles. The highest BCUT2D eigenvalue weighted by molar-refractivity contribution is 7.11. The molecule has 0 saturated carbocycles. The first-order valence-electron chi connectivity index (χ1n) is 9.57. The highest BCUT2D eigenvalue weighted by atomic mass is 32.1. The minimum absolute atomic E-state index is 0.849. The van der Waals surface area contributed by atoms with E-state index in [1.807, 2.05) is 7.05 Å². The van der Waals surface area contributed by atoms with E-state index in [9.17, 15) is 0 Å². The number of thiazole rings is 1. The summed E-state index contributed by atoms with van der Waals surface area (Å²) in [6.07, 6.45) is 5.11. The summed E-state index contributed by atoms with van der Waals surface area (Å²) in [7, 11) is 1.82. The van der Waals surface area contributed by atoms with Gasteiger partial charge in [-0.1, -0.05) is 25.1 Å². The van der Waals surface area contributed by atoms with E-state index >= 15 is 0 Å². The first kappa shape index (κ1) is 19.4. The number of hydrogen-bond donors (Lipinski definition) is 3. The van der Waals surface area contributed by atoms with Crippen LogP contribution in [0, 0.1) is 13.8 Å². The molecule has 27 heavy (non-hydrogen) atoms. The molecule has 3 rings (SSSR count). The van der Waals surface area contributed by atoms with E-state index in [-0.39, 0.29) is 0 Å². The molecule has 0 aliphatic rings. The van der Waals surface area contributed by atoms with Crippen molar-refractivity contribution in [1.82, 2.24) is 20.6 Å². The van der Waals surface area contributed by atoms with Crippen LogP contribution in [0.1, 0.15) is 33.6 Å². The first-order chi connectivity index (χ1) is 13.1. The molecule has 0 atom stereocenters. The Bertz CT molecular complexity index is 922. The fourth-order valence-electron chi connectivity index (χ4n) is 3.41. The summed E-state index contributed by atoms with van der Waals surface area (Å²) in [6, 6.07) is 6.54. The van der Waals surface area contributed by atoms with Crippen molar-refractivity contribution >= 4 is 28.2 Å². The van der Waals surface area contributed by atoms with E-state index in [4.69, 9.17) is 0 Å². The minimum Gasteiger partial charge on any atom is -0.361 e. The number of guanidine groups is 1. The molecular formula is C21H29N5S. The van der Waals surface area contributed by atoms with Gasteiger partial charge in [-0.3, -0.25) is 4.99 Å². The Kier molecular flexibility index (Phi) is 6.50. The molecule has 0 unspecified atom stereocenters. The molecule has 0 radical (unpaired) electrons. The molecule has 0 aliphatic heterocycles. The van der Waals surface area contributed by atoms with Gasteiger partial charge in [0, 0.05) is 48.5 Å². The van der Waals surface area contributed by atoms with Crippen LogP contribution in [0.25, 0.3) is 10.9 Å². The minimum atomic E-state index is 0.849. The van der Waals surface area contributed by atoms with Crippen molar-refractivity contribution in [3.05, 3.63) is 51.1 Å². The maximum Gasteiger partial charge on any atom is 0.190 e. The van der Waals surface area contributed by atoms with Crippen molar-refractivity contribution in [1.29, 1.82) is 0 Å². The molecule has 0 bridgehead atoms. The average Bonchev–Trinajstić information content (AvgIpc) is 3.22. The quantitative estimate of drug-likeness (QED) is 0.430. The van der Waals surface area contributed by atoms with Crippen LogP contribution in [-0.2, 0) is 19.3 Å². The maximum absolute atomic E-state index is 4.49. The van der Waals surface area contributed by atoms with Crippen LogP contribution in [-0.4, -0.2) is 36.1 Å². The fourth-order valence-corrected chi connectivity index (χ4v) is 4.35. The highest BCUT2D eigenvalue weighted by Crippen LogP contribution is 2.22. The second-order valence-electron chi connectivity index (χ2n) is 6.67. The maximum atomic E-state index is 4.49. The number of para-hydroxylation sites is 1. The first-order valence-corrected chi connectivity index (χ1v) is 10.4. The molecule has 144 valence electrons. The molecule has 0 amide bonds. The van der Waals surface area contributed by atoms with Gasteiger partial charge in [-0.25, -0.2) is 4.98 Å². The normalized spacial score (nSPS) is 11.9. The van der Waals surface area contributed by atoms with E-state index < -0.39 is 0 Å². The number of aryl methyl sites for hydroxylation is 3. The third-order valence-electron chi connectivity index (χ3n) is 4.82. The van der Waals surface area contributed by atoms with E-state index in [1.165, 1.54) is 26.9 Å². The number of rotatable bonds is 7. The van der Waals surface area contributed by atoms with Crippen LogP contribution in [0.5, 0.6) is 0 Å². The van der Waals surface area contributed by atoms with Crippen LogP contribution < -0.4 is 10.6 Å². The number of H-pyrrole nitrogens is 1. The Morgan fingerprint density at radius 2 is 1.93 bits per heavy atom. The molecule has 3 aromatic rings. The van der Waals surface area contributed by atoms with Crippen molar-refractivity contribution in [3.8, 4) is 0 Å². The molecule has 2 heterocycles. The summed E-state index contributed by atoms with van der Waals surface area (Å²) in [4.78, 5) is 13.6. The monoisotopic (exact) mass is 383 g/mol. The van der Waals surface area contributed by atoms with Crippen molar-refractivity contribution in [2.75, 3.05) is 20.1 Å².